The molecule has 2 heteroatoms. The van der Waals surface area contributed by atoms with Gasteiger partial charge in [-0.25, -0.2) is 0 Å². The highest BCUT2D eigenvalue weighted by atomic mass is 16.5. The molecule has 0 radical (unpaired) electrons. The Kier molecular flexibility index (Phi) is 3.39. The van der Waals surface area contributed by atoms with Crippen molar-refractivity contribution >= 4 is 0 Å². The van der Waals surface area contributed by atoms with Crippen LogP contribution >= 0.6 is 0 Å². The highest BCUT2D eigenvalue weighted by Gasteiger charge is 2.06. The summed E-state index contributed by atoms with van der Waals surface area (Å²) >= 11 is 0. The van der Waals surface area contributed by atoms with Crippen molar-refractivity contribution in [3.05, 3.63) is 23.3 Å². The molecule has 1 rings (SSSR count). The van der Waals surface area contributed by atoms with Gasteiger partial charge in [0.2, 0.25) is 0 Å². The standard InChI is InChI=1S/C12H18O2/c1-8(2)7-14-12-6-5-11(13)9(3)10(12)4/h5-6,8,13H,7H2,1-4H3. The number of hydrogen-bond donors (Lipinski definition) is 1. The monoisotopic (exact) mass is 194 g/mol. The van der Waals surface area contributed by atoms with Crippen LogP contribution in [0.15, 0.2) is 12.1 Å². The van der Waals surface area contributed by atoms with Crippen LogP contribution in [0.4, 0.5) is 0 Å². The van der Waals surface area contributed by atoms with Gasteiger partial charge in [-0.2, -0.15) is 0 Å². The van der Waals surface area contributed by atoms with Crippen LogP contribution in [0, 0.1) is 19.8 Å². The topological polar surface area (TPSA) is 29.5 Å². The number of aromatic hydroxyl groups is 1. The molecule has 0 atom stereocenters. The van der Waals surface area contributed by atoms with Gasteiger partial charge in [-0.05, 0) is 43.0 Å². The molecule has 0 amide bonds. The van der Waals surface area contributed by atoms with Gasteiger partial charge < -0.3 is 9.84 Å². The van der Waals surface area contributed by atoms with Crippen molar-refractivity contribution in [1.29, 1.82) is 0 Å². The van der Waals surface area contributed by atoms with Crippen LogP contribution in [0.1, 0.15) is 25.0 Å². The minimum Gasteiger partial charge on any atom is -0.508 e. The maximum atomic E-state index is 9.45. The van der Waals surface area contributed by atoms with Crippen LogP contribution < -0.4 is 4.74 Å². The van der Waals surface area contributed by atoms with Crippen LogP contribution in [-0.4, -0.2) is 11.7 Å². The molecule has 0 spiro atoms. The summed E-state index contributed by atoms with van der Waals surface area (Å²) in [5.41, 5.74) is 1.91. The molecule has 0 unspecified atom stereocenters. The second-order valence-electron chi connectivity index (χ2n) is 4.04. The molecule has 78 valence electrons. The van der Waals surface area contributed by atoms with Gasteiger partial charge in [-0.1, -0.05) is 13.8 Å². The minimum atomic E-state index is 0.333. The Hall–Kier alpha value is -1.18. The summed E-state index contributed by atoms with van der Waals surface area (Å²) in [4.78, 5) is 0. The first kappa shape index (κ1) is 10.9. The molecule has 1 aromatic rings. The summed E-state index contributed by atoms with van der Waals surface area (Å²) in [6, 6.07) is 3.50. The smallest absolute Gasteiger partial charge is 0.122 e. The summed E-state index contributed by atoms with van der Waals surface area (Å²) in [6.07, 6.45) is 0. The highest BCUT2D eigenvalue weighted by molar-refractivity contribution is 5.46. The maximum absolute atomic E-state index is 9.45. The minimum absolute atomic E-state index is 0.333. The van der Waals surface area contributed by atoms with E-state index in [4.69, 9.17) is 4.74 Å². The molecule has 0 aliphatic heterocycles. The lowest BCUT2D eigenvalue weighted by Gasteiger charge is -2.13. The van der Waals surface area contributed by atoms with E-state index in [1.165, 1.54) is 0 Å². The summed E-state index contributed by atoms with van der Waals surface area (Å²) in [5, 5.41) is 9.45. The third-order valence-corrected chi connectivity index (χ3v) is 2.28. The number of ether oxygens (including phenoxy) is 1. The second kappa shape index (κ2) is 4.36. The van der Waals surface area contributed by atoms with Gasteiger partial charge in [-0.3, -0.25) is 0 Å². The summed E-state index contributed by atoms with van der Waals surface area (Å²) < 4.78 is 5.62. The Labute approximate surface area is 85.5 Å². The summed E-state index contributed by atoms with van der Waals surface area (Å²) in [7, 11) is 0. The van der Waals surface area contributed by atoms with Gasteiger partial charge in [0.15, 0.2) is 0 Å². The Bertz CT molecular complexity index is 316. The quantitative estimate of drug-likeness (QED) is 0.801. The predicted molar refractivity (Wildman–Crippen MR) is 57.9 cm³/mol. The van der Waals surface area contributed by atoms with Crippen molar-refractivity contribution < 1.29 is 9.84 Å². The van der Waals surface area contributed by atoms with Crippen LogP contribution in [0.5, 0.6) is 11.5 Å². The van der Waals surface area contributed by atoms with Crippen molar-refractivity contribution in [3.63, 3.8) is 0 Å². The number of benzene rings is 1. The van der Waals surface area contributed by atoms with Crippen molar-refractivity contribution in [2.45, 2.75) is 27.7 Å². The number of phenols is 1. The molecule has 0 aliphatic carbocycles. The lowest BCUT2D eigenvalue weighted by Crippen LogP contribution is -2.05. The molecule has 1 aromatic carbocycles. The first-order chi connectivity index (χ1) is 6.52. The third kappa shape index (κ3) is 2.41. The Morgan fingerprint density at radius 2 is 1.86 bits per heavy atom. The van der Waals surface area contributed by atoms with E-state index in [0.717, 1.165) is 16.9 Å². The third-order valence-electron chi connectivity index (χ3n) is 2.28. The number of hydrogen-bond acceptors (Lipinski definition) is 2. The van der Waals surface area contributed by atoms with E-state index >= 15 is 0 Å². The largest absolute Gasteiger partial charge is 0.508 e. The molecule has 14 heavy (non-hydrogen) atoms. The first-order valence-corrected chi connectivity index (χ1v) is 4.94. The maximum Gasteiger partial charge on any atom is 0.122 e. The Morgan fingerprint density at radius 3 is 2.43 bits per heavy atom. The van der Waals surface area contributed by atoms with Crippen molar-refractivity contribution in [3.8, 4) is 11.5 Å². The number of rotatable bonds is 3. The molecular weight excluding hydrogens is 176 g/mol. The predicted octanol–water partition coefficient (Wildman–Crippen LogP) is 3.04. The van der Waals surface area contributed by atoms with Gasteiger partial charge in [0.1, 0.15) is 11.5 Å². The fourth-order valence-corrected chi connectivity index (χ4v) is 1.19. The zero-order chi connectivity index (χ0) is 10.7. The molecule has 0 aromatic heterocycles. The molecule has 0 saturated heterocycles. The molecule has 0 saturated carbocycles. The lowest BCUT2D eigenvalue weighted by atomic mass is 10.1. The SMILES string of the molecule is Cc1c(O)ccc(OCC(C)C)c1C. The summed E-state index contributed by atoms with van der Waals surface area (Å²) in [6.45, 7) is 8.80. The normalized spacial score (nSPS) is 10.6. The van der Waals surface area contributed by atoms with Crippen LogP contribution in [-0.2, 0) is 0 Å². The van der Waals surface area contributed by atoms with E-state index in [1.54, 1.807) is 6.07 Å². The van der Waals surface area contributed by atoms with E-state index < -0.39 is 0 Å². The summed E-state index contributed by atoms with van der Waals surface area (Å²) in [5.74, 6) is 1.72. The number of phenolic OH excluding ortho intramolecular Hbond substituents is 1. The van der Waals surface area contributed by atoms with E-state index in [1.807, 2.05) is 19.9 Å². The van der Waals surface area contributed by atoms with E-state index in [9.17, 15) is 5.11 Å². The average Bonchev–Trinajstić information content (AvgIpc) is 2.13. The molecule has 0 fully saturated rings. The van der Waals surface area contributed by atoms with Crippen molar-refractivity contribution in [2.24, 2.45) is 5.92 Å². The van der Waals surface area contributed by atoms with Crippen molar-refractivity contribution in [2.75, 3.05) is 6.61 Å². The zero-order valence-corrected chi connectivity index (χ0v) is 9.29. The molecule has 0 aliphatic rings. The van der Waals surface area contributed by atoms with Crippen LogP contribution in [0.3, 0.4) is 0 Å². The van der Waals surface area contributed by atoms with Crippen molar-refractivity contribution in [1.82, 2.24) is 0 Å². The molecular formula is C12H18O2. The van der Waals surface area contributed by atoms with Crippen LogP contribution in [0.2, 0.25) is 0 Å². The van der Waals surface area contributed by atoms with Gasteiger partial charge in [0, 0.05) is 0 Å². The average molecular weight is 194 g/mol. The lowest BCUT2D eigenvalue weighted by molar-refractivity contribution is 0.269. The zero-order valence-electron chi connectivity index (χ0n) is 9.29. The van der Waals surface area contributed by atoms with Gasteiger partial charge in [-0.15, -0.1) is 0 Å². The first-order valence-electron chi connectivity index (χ1n) is 4.94. The van der Waals surface area contributed by atoms with E-state index in [-0.39, 0.29) is 0 Å². The fraction of sp³-hybridized carbons (Fsp3) is 0.500. The fourth-order valence-electron chi connectivity index (χ4n) is 1.19. The Balaban J connectivity index is 2.83. The van der Waals surface area contributed by atoms with E-state index in [2.05, 4.69) is 13.8 Å². The molecule has 0 heterocycles. The molecule has 1 N–H and O–H groups in total. The highest BCUT2D eigenvalue weighted by Crippen LogP contribution is 2.28. The molecule has 2 nitrogen and oxygen atoms in total. The van der Waals surface area contributed by atoms with Gasteiger partial charge >= 0.3 is 0 Å². The van der Waals surface area contributed by atoms with Crippen LogP contribution in [0.25, 0.3) is 0 Å². The molecule has 0 bridgehead atoms. The van der Waals surface area contributed by atoms with E-state index in [0.29, 0.717) is 18.3 Å². The van der Waals surface area contributed by atoms with Gasteiger partial charge in [0.05, 0.1) is 6.61 Å². The Morgan fingerprint density at radius 1 is 1.21 bits per heavy atom. The van der Waals surface area contributed by atoms with Gasteiger partial charge in [0.25, 0.3) is 0 Å². The second-order valence-corrected chi connectivity index (χ2v) is 4.04.